The first kappa shape index (κ1) is 9.92. The van der Waals surface area contributed by atoms with E-state index in [1.54, 1.807) is 0 Å². The highest BCUT2D eigenvalue weighted by Crippen LogP contribution is 1.98. The van der Waals surface area contributed by atoms with Crippen molar-refractivity contribution in [2.24, 2.45) is 0 Å². The first-order valence-corrected chi connectivity index (χ1v) is 4.16. The van der Waals surface area contributed by atoms with Crippen LogP contribution in [0.5, 0.6) is 0 Å². The molecule has 0 aromatic heterocycles. The Kier molecular flexibility index (Phi) is 4.65. The molecule has 0 bridgehead atoms. The van der Waals surface area contributed by atoms with Gasteiger partial charge in [0.05, 0.1) is 26.7 Å². The van der Waals surface area contributed by atoms with E-state index in [2.05, 4.69) is 26.2 Å². The van der Waals surface area contributed by atoms with Gasteiger partial charge in [0.25, 0.3) is 0 Å². The highest BCUT2D eigenvalue weighted by atomic mass is 15.3. The Labute approximate surface area is 64.8 Å². The van der Waals surface area contributed by atoms with Crippen LogP contribution in [0, 0.1) is 0 Å². The zero-order valence-corrected chi connectivity index (χ0v) is 7.78. The molecule has 0 saturated heterocycles. The zero-order chi connectivity index (χ0) is 8.04. The molecule has 0 unspecified atom stereocenters. The van der Waals surface area contributed by atoms with Gasteiger partial charge in [-0.25, -0.2) is 0 Å². The van der Waals surface area contributed by atoms with Crippen molar-refractivity contribution in [1.29, 1.82) is 0 Å². The van der Waals surface area contributed by atoms with Crippen LogP contribution in [-0.2, 0) is 0 Å². The minimum atomic E-state index is 1.12. The van der Waals surface area contributed by atoms with Gasteiger partial charge in [0.1, 0.15) is 0 Å². The van der Waals surface area contributed by atoms with Crippen molar-refractivity contribution in [3.05, 3.63) is 0 Å². The highest BCUT2D eigenvalue weighted by molar-refractivity contribution is 4.38. The SMILES string of the molecule is CC[N+](C)(CC)CCNC. The minimum Gasteiger partial charge on any atom is -0.325 e. The van der Waals surface area contributed by atoms with Crippen LogP contribution in [0.4, 0.5) is 0 Å². The molecule has 10 heavy (non-hydrogen) atoms. The van der Waals surface area contributed by atoms with E-state index in [0.29, 0.717) is 0 Å². The maximum absolute atomic E-state index is 3.18. The smallest absolute Gasteiger partial charge is 0.0911 e. The monoisotopic (exact) mass is 145 g/mol. The van der Waals surface area contributed by atoms with Crippen LogP contribution >= 0.6 is 0 Å². The van der Waals surface area contributed by atoms with Gasteiger partial charge in [-0.15, -0.1) is 0 Å². The molecule has 0 amide bonds. The summed E-state index contributed by atoms with van der Waals surface area (Å²) in [5.41, 5.74) is 0. The highest BCUT2D eigenvalue weighted by Gasteiger charge is 2.13. The van der Waals surface area contributed by atoms with Crippen LogP contribution in [0.3, 0.4) is 0 Å². The maximum atomic E-state index is 3.18. The Morgan fingerprint density at radius 3 is 2.00 bits per heavy atom. The van der Waals surface area contributed by atoms with Gasteiger partial charge >= 0.3 is 0 Å². The summed E-state index contributed by atoms with van der Waals surface area (Å²) in [5, 5.41) is 3.18. The van der Waals surface area contributed by atoms with Gasteiger partial charge in [0.15, 0.2) is 0 Å². The maximum Gasteiger partial charge on any atom is 0.0911 e. The average Bonchev–Trinajstić information content (AvgIpc) is 2.00. The zero-order valence-electron chi connectivity index (χ0n) is 7.78. The van der Waals surface area contributed by atoms with Crippen molar-refractivity contribution in [1.82, 2.24) is 5.32 Å². The van der Waals surface area contributed by atoms with E-state index in [-0.39, 0.29) is 0 Å². The molecule has 1 N–H and O–H groups in total. The summed E-state index contributed by atoms with van der Waals surface area (Å²) >= 11 is 0. The number of rotatable bonds is 5. The topological polar surface area (TPSA) is 12.0 Å². The van der Waals surface area contributed by atoms with E-state index in [1.165, 1.54) is 24.1 Å². The predicted octanol–water partition coefficient (Wildman–Crippen LogP) is 0.692. The molecule has 0 saturated carbocycles. The van der Waals surface area contributed by atoms with Gasteiger partial charge in [0, 0.05) is 6.54 Å². The average molecular weight is 145 g/mol. The Morgan fingerprint density at radius 2 is 1.70 bits per heavy atom. The molecule has 0 aromatic carbocycles. The molecule has 0 rings (SSSR count). The molecule has 0 aliphatic heterocycles. The van der Waals surface area contributed by atoms with Crippen molar-refractivity contribution < 1.29 is 4.48 Å². The van der Waals surface area contributed by atoms with Gasteiger partial charge in [-0.3, -0.25) is 0 Å². The van der Waals surface area contributed by atoms with Crippen LogP contribution in [0.25, 0.3) is 0 Å². The van der Waals surface area contributed by atoms with Gasteiger partial charge in [-0.05, 0) is 20.9 Å². The van der Waals surface area contributed by atoms with Gasteiger partial charge in [-0.1, -0.05) is 0 Å². The molecule has 0 aliphatic carbocycles. The molecule has 0 atom stereocenters. The lowest BCUT2D eigenvalue weighted by atomic mass is 10.4. The predicted molar refractivity (Wildman–Crippen MR) is 46.1 cm³/mol. The standard InChI is InChI=1S/C8H21N2/c1-5-10(4,6-2)8-7-9-3/h9H,5-8H2,1-4H3/q+1. The summed E-state index contributed by atoms with van der Waals surface area (Å²) < 4.78 is 1.18. The van der Waals surface area contributed by atoms with E-state index >= 15 is 0 Å². The summed E-state index contributed by atoms with van der Waals surface area (Å²) in [6.45, 7) is 9.33. The fourth-order valence-electron chi connectivity index (χ4n) is 0.922. The second-order valence-corrected chi connectivity index (χ2v) is 3.08. The number of hydrogen-bond donors (Lipinski definition) is 1. The van der Waals surface area contributed by atoms with Crippen LogP contribution < -0.4 is 5.32 Å². The number of nitrogens with zero attached hydrogens (tertiary/aromatic N) is 1. The third-order valence-electron chi connectivity index (χ3n) is 2.43. The quantitative estimate of drug-likeness (QED) is 0.561. The van der Waals surface area contributed by atoms with Crippen LogP contribution in [0.1, 0.15) is 13.8 Å². The molecule has 0 heterocycles. The molecular weight excluding hydrogens is 124 g/mol. The van der Waals surface area contributed by atoms with E-state index in [4.69, 9.17) is 0 Å². The molecule has 0 radical (unpaired) electrons. The second-order valence-electron chi connectivity index (χ2n) is 3.08. The lowest BCUT2D eigenvalue weighted by molar-refractivity contribution is -0.905. The van der Waals surface area contributed by atoms with E-state index in [0.717, 1.165) is 6.54 Å². The lowest BCUT2D eigenvalue weighted by Crippen LogP contribution is -2.47. The van der Waals surface area contributed by atoms with E-state index in [9.17, 15) is 0 Å². The van der Waals surface area contributed by atoms with Crippen LogP contribution in [0.2, 0.25) is 0 Å². The van der Waals surface area contributed by atoms with Crippen molar-refractivity contribution in [2.75, 3.05) is 40.3 Å². The molecule has 0 aromatic rings. The lowest BCUT2D eigenvalue weighted by Gasteiger charge is -2.31. The molecule has 2 nitrogen and oxygen atoms in total. The summed E-state index contributed by atoms with van der Waals surface area (Å²) in [6.07, 6.45) is 0. The Bertz CT molecular complexity index is 77.3. The number of hydrogen-bond acceptors (Lipinski definition) is 1. The first-order chi connectivity index (χ1) is 4.68. The van der Waals surface area contributed by atoms with Gasteiger partial charge in [0.2, 0.25) is 0 Å². The first-order valence-electron chi connectivity index (χ1n) is 4.16. The van der Waals surface area contributed by atoms with Crippen molar-refractivity contribution in [3.63, 3.8) is 0 Å². The van der Waals surface area contributed by atoms with Crippen molar-refractivity contribution in [2.45, 2.75) is 13.8 Å². The molecule has 0 spiro atoms. The number of nitrogens with one attached hydrogen (secondary N) is 1. The van der Waals surface area contributed by atoms with Gasteiger partial charge < -0.3 is 9.80 Å². The molecule has 62 valence electrons. The number of quaternary nitrogens is 1. The third kappa shape index (κ3) is 3.18. The summed E-state index contributed by atoms with van der Waals surface area (Å²) in [6, 6.07) is 0. The van der Waals surface area contributed by atoms with Crippen molar-refractivity contribution in [3.8, 4) is 0 Å². The van der Waals surface area contributed by atoms with E-state index in [1.807, 2.05) is 7.05 Å². The molecule has 2 heteroatoms. The fraction of sp³-hybridized carbons (Fsp3) is 1.00. The number of likely N-dealkylation sites (N-methyl/N-ethyl adjacent to an activating group) is 2. The van der Waals surface area contributed by atoms with Crippen LogP contribution in [-0.4, -0.2) is 44.8 Å². The molecular formula is C8H21N2+. The Balaban J connectivity index is 3.58. The Hall–Kier alpha value is -0.0800. The van der Waals surface area contributed by atoms with Crippen LogP contribution in [0.15, 0.2) is 0 Å². The summed E-state index contributed by atoms with van der Waals surface area (Å²) in [7, 11) is 4.31. The Morgan fingerprint density at radius 1 is 1.20 bits per heavy atom. The summed E-state index contributed by atoms with van der Waals surface area (Å²) in [4.78, 5) is 0. The normalized spacial score (nSPS) is 12.0. The molecule has 0 fully saturated rings. The fourth-order valence-corrected chi connectivity index (χ4v) is 0.922. The van der Waals surface area contributed by atoms with Gasteiger partial charge in [-0.2, -0.15) is 0 Å². The second kappa shape index (κ2) is 4.69. The minimum absolute atomic E-state index is 1.12. The summed E-state index contributed by atoms with van der Waals surface area (Å²) in [5.74, 6) is 0. The van der Waals surface area contributed by atoms with E-state index < -0.39 is 0 Å². The largest absolute Gasteiger partial charge is 0.325 e. The van der Waals surface area contributed by atoms with Crippen molar-refractivity contribution >= 4 is 0 Å². The third-order valence-corrected chi connectivity index (χ3v) is 2.43. The molecule has 0 aliphatic rings.